The highest BCUT2D eigenvalue weighted by Crippen LogP contribution is 2.30. The molecule has 0 saturated heterocycles. The van der Waals surface area contributed by atoms with E-state index in [4.69, 9.17) is 11.6 Å². The van der Waals surface area contributed by atoms with Crippen LogP contribution in [-0.4, -0.2) is 11.0 Å². The first-order valence-corrected chi connectivity index (χ1v) is 9.58. The Morgan fingerprint density at radius 3 is 2.41 bits per heavy atom. The summed E-state index contributed by atoms with van der Waals surface area (Å²) >= 11 is 7.74. The summed E-state index contributed by atoms with van der Waals surface area (Å²) in [5.74, 6) is 0. The van der Waals surface area contributed by atoms with Gasteiger partial charge in [0.1, 0.15) is 5.01 Å². The minimum absolute atomic E-state index is 0.317. The lowest BCUT2D eigenvalue weighted by Crippen LogP contribution is -2.19. The number of amides is 2. The maximum atomic E-state index is 12.2. The number of hydrogen-bond acceptors (Lipinski definition) is 3. The Morgan fingerprint density at radius 1 is 0.963 bits per heavy atom. The lowest BCUT2D eigenvalue weighted by Gasteiger charge is -2.09. The third-order valence-electron chi connectivity index (χ3n) is 4.11. The summed E-state index contributed by atoms with van der Waals surface area (Å²) in [5.41, 5.74) is 4.33. The van der Waals surface area contributed by atoms with Crippen LogP contribution in [0.2, 0.25) is 5.02 Å². The van der Waals surface area contributed by atoms with Crippen molar-refractivity contribution >= 4 is 50.6 Å². The van der Waals surface area contributed by atoms with Crippen molar-refractivity contribution in [3.05, 3.63) is 77.3 Å². The number of aryl methyl sites for hydroxylation is 1. The number of rotatable bonds is 3. The van der Waals surface area contributed by atoms with Gasteiger partial charge in [0.25, 0.3) is 0 Å². The van der Waals surface area contributed by atoms with Gasteiger partial charge < -0.3 is 10.6 Å². The van der Waals surface area contributed by atoms with Crippen molar-refractivity contribution in [1.82, 2.24) is 4.98 Å². The van der Waals surface area contributed by atoms with Crippen LogP contribution in [-0.2, 0) is 0 Å². The second kappa shape index (κ2) is 7.39. The highest BCUT2D eigenvalue weighted by molar-refractivity contribution is 7.21. The van der Waals surface area contributed by atoms with Gasteiger partial charge in [0.05, 0.1) is 10.2 Å². The van der Waals surface area contributed by atoms with Crippen molar-refractivity contribution < 1.29 is 4.79 Å². The molecule has 3 aromatic carbocycles. The average molecular weight is 394 g/mol. The molecule has 1 aromatic heterocycles. The molecule has 0 atom stereocenters. The van der Waals surface area contributed by atoms with E-state index in [0.717, 1.165) is 26.4 Å². The Morgan fingerprint density at radius 2 is 1.67 bits per heavy atom. The normalized spacial score (nSPS) is 10.7. The number of nitrogens with zero attached hydrogens (tertiary/aromatic N) is 1. The van der Waals surface area contributed by atoms with Gasteiger partial charge in [-0.1, -0.05) is 29.8 Å². The first-order valence-electron chi connectivity index (χ1n) is 8.39. The second-order valence-corrected chi connectivity index (χ2v) is 7.55. The van der Waals surface area contributed by atoms with Gasteiger partial charge in [-0.2, -0.15) is 0 Å². The second-order valence-electron chi connectivity index (χ2n) is 6.11. The summed E-state index contributed by atoms with van der Waals surface area (Å²) in [6.07, 6.45) is 0. The van der Waals surface area contributed by atoms with Crippen molar-refractivity contribution in [3.8, 4) is 10.6 Å². The van der Waals surface area contributed by atoms with Crippen molar-refractivity contribution in [3.63, 3.8) is 0 Å². The van der Waals surface area contributed by atoms with E-state index < -0.39 is 0 Å². The van der Waals surface area contributed by atoms with Gasteiger partial charge in [0, 0.05) is 22.0 Å². The summed E-state index contributed by atoms with van der Waals surface area (Å²) in [6.45, 7) is 1.92. The molecule has 134 valence electrons. The lowest BCUT2D eigenvalue weighted by molar-refractivity contribution is 0.262. The smallest absolute Gasteiger partial charge is 0.308 e. The molecule has 2 amide bonds. The van der Waals surface area contributed by atoms with Gasteiger partial charge in [-0.25, -0.2) is 9.78 Å². The number of aromatic nitrogens is 1. The lowest BCUT2D eigenvalue weighted by atomic mass is 10.2. The zero-order valence-corrected chi connectivity index (χ0v) is 16.1. The van der Waals surface area contributed by atoms with E-state index in [1.165, 1.54) is 0 Å². The topological polar surface area (TPSA) is 54.0 Å². The van der Waals surface area contributed by atoms with Gasteiger partial charge in [0.15, 0.2) is 0 Å². The van der Waals surface area contributed by atoms with Crippen LogP contribution in [0.4, 0.5) is 16.2 Å². The van der Waals surface area contributed by atoms with Crippen molar-refractivity contribution in [2.75, 3.05) is 10.6 Å². The Kier molecular flexibility index (Phi) is 4.79. The Bertz CT molecular complexity index is 1090. The molecule has 4 nitrogen and oxygen atoms in total. The van der Waals surface area contributed by atoms with E-state index >= 15 is 0 Å². The number of benzene rings is 3. The molecule has 0 fully saturated rings. The molecule has 0 unspecified atom stereocenters. The maximum Gasteiger partial charge on any atom is 0.323 e. The fraction of sp³-hybridized carbons (Fsp3) is 0.0476. The number of thiazole rings is 1. The third kappa shape index (κ3) is 3.94. The number of anilines is 2. The predicted molar refractivity (Wildman–Crippen MR) is 114 cm³/mol. The van der Waals surface area contributed by atoms with Crippen LogP contribution >= 0.6 is 22.9 Å². The van der Waals surface area contributed by atoms with Crippen LogP contribution in [0.1, 0.15) is 5.56 Å². The quantitative estimate of drug-likeness (QED) is 0.413. The van der Waals surface area contributed by atoms with Crippen LogP contribution in [0.5, 0.6) is 0 Å². The number of carbonyl (C=O) groups excluding carboxylic acids is 1. The largest absolute Gasteiger partial charge is 0.323 e. The van der Waals surface area contributed by atoms with Gasteiger partial charge in [-0.15, -0.1) is 11.3 Å². The van der Waals surface area contributed by atoms with E-state index in [1.807, 2.05) is 61.5 Å². The Hall–Kier alpha value is -2.89. The van der Waals surface area contributed by atoms with E-state index in [-0.39, 0.29) is 6.03 Å². The van der Waals surface area contributed by atoms with Gasteiger partial charge >= 0.3 is 6.03 Å². The number of halogens is 1. The van der Waals surface area contributed by atoms with Crippen molar-refractivity contribution in [2.45, 2.75) is 6.92 Å². The number of fused-ring (bicyclic) bond motifs is 1. The van der Waals surface area contributed by atoms with E-state index in [1.54, 1.807) is 17.4 Å². The summed E-state index contributed by atoms with van der Waals surface area (Å²) in [7, 11) is 0. The Labute approximate surface area is 165 Å². The molecule has 0 spiro atoms. The van der Waals surface area contributed by atoms with Crippen molar-refractivity contribution in [1.29, 1.82) is 0 Å². The highest BCUT2D eigenvalue weighted by atomic mass is 35.5. The van der Waals surface area contributed by atoms with E-state index in [9.17, 15) is 4.79 Å². The predicted octanol–water partition coefficient (Wildman–Crippen LogP) is 6.57. The van der Waals surface area contributed by atoms with E-state index in [2.05, 4.69) is 21.7 Å². The Balaban J connectivity index is 1.45. The standard InChI is InChI=1S/C21H16ClN3OS/c1-13-6-9-16(12-17(13)22)24-21(26)23-15-10-7-14(8-11-15)20-25-18-4-2-3-5-19(18)27-20/h2-12H,1H3,(H2,23,24,26). The molecule has 0 bridgehead atoms. The number of para-hydroxylation sites is 1. The van der Waals surface area contributed by atoms with Crippen LogP contribution in [0, 0.1) is 6.92 Å². The van der Waals surface area contributed by atoms with Crippen LogP contribution in [0.15, 0.2) is 66.7 Å². The molecule has 6 heteroatoms. The summed E-state index contributed by atoms with van der Waals surface area (Å²) in [4.78, 5) is 16.8. The molecule has 0 aliphatic rings. The summed E-state index contributed by atoms with van der Waals surface area (Å²) in [5, 5.41) is 7.18. The minimum Gasteiger partial charge on any atom is -0.308 e. The van der Waals surface area contributed by atoms with Crippen LogP contribution in [0.25, 0.3) is 20.8 Å². The SMILES string of the molecule is Cc1ccc(NC(=O)Nc2ccc(-c3nc4ccccc4s3)cc2)cc1Cl. The molecule has 0 saturated carbocycles. The monoisotopic (exact) mass is 393 g/mol. The first-order chi connectivity index (χ1) is 13.1. The zero-order chi connectivity index (χ0) is 18.8. The van der Waals surface area contributed by atoms with Crippen LogP contribution < -0.4 is 10.6 Å². The molecule has 1 heterocycles. The summed E-state index contributed by atoms with van der Waals surface area (Å²) < 4.78 is 1.16. The molecular formula is C21H16ClN3OS. The number of hydrogen-bond donors (Lipinski definition) is 2. The maximum absolute atomic E-state index is 12.2. The number of nitrogens with one attached hydrogen (secondary N) is 2. The minimum atomic E-state index is -0.317. The molecular weight excluding hydrogens is 378 g/mol. The van der Waals surface area contributed by atoms with E-state index in [0.29, 0.717) is 16.4 Å². The van der Waals surface area contributed by atoms with Gasteiger partial charge in [-0.05, 0) is 61.0 Å². The summed E-state index contributed by atoms with van der Waals surface area (Å²) in [6, 6.07) is 20.8. The molecule has 0 aliphatic carbocycles. The fourth-order valence-electron chi connectivity index (χ4n) is 2.66. The third-order valence-corrected chi connectivity index (χ3v) is 5.61. The van der Waals surface area contributed by atoms with Gasteiger partial charge in [0.2, 0.25) is 0 Å². The van der Waals surface area contributed by atoms with Gasteiger partial charge in [-0.3, -0.25) is 0 Å². The molecule has 0 radical (unpaired) electrons. The zero-order valence-electron chi connectivity index (χ0n) is 14.5. The van der Waals surface area contributed by atoms with Crippen LogP contribution in [0.3, 0.4) is 0 Å². The molecule has 0 aliphatic heterocycles. The average Bonchev–Trinajstić information content (AvgIpc) is 3.09. The highest BCUT2D eigenvalue weighted by Gasteiger charge is 2.07. The number of carbonyl (C=O) groups is 1. The molecule has 4 aromatic rings. The molecule has 27 heavy (non-hydrogen) atoms. The fourth-order valence-corrected chi connectivity index (χ4v) is 3.81. The molecule has 2 N–H and O–H groups in total. The molecule has 4 rings (SSSR count). The number of urea groups is 1. The first kappa shape index (κ1) is 17.5. The van der Waals surface area contributed by atoms with Crippen molar-refractivity contribution in [2.24, 2.45) is 0 Å².